The van der Waals surface area contributed by atoms with Gasteiger partial charge in [-0.1, -0.05) is 30.3 Å². The zero-order valence-electron chi connectivity index (χ0n) is 9.40. The van der Waals surface area contributed by atoms with Crippen LogP contribution in [0, 0.1) is 0 Å². The van der Waals surface area contributed by atoms with Crippen molar-refractivity contribution in [2.75, 3.05) is 19.4 Å². The molecule has 15 heavy (non-hydrogen) atoms. The van der Waals surface area contributed by atoms with Gasteiger partial charge in [0.25, 0.3) is 0 Å². The molecule has 1 aromatic rings. The number of nitrogens with two attached hydrogens (primary N) is 1. The lowest BCUT2D eigenvalue weighted by molar-refractivity contribution is 0.197. The van der Waals surface area contributed by atoms with Crippen LogP contribution in [-0.2, 0) is 8.85 Å². The number of rotatable bonds is 6. The Hall–Kier alpha value is -0.683. The fourth-order valence-corrected chi connectivity index (χ4v) is 4.12. The SMILES string of the molecule is CCO[Si](CN)(OCC)c1ccccc1. The van der Waals surface area contributed by atoms with Crippen molar-refractivity contribution in [2.45, 2.75) is 13.8 Å². The third-order valence-electron chi connectivity index (χ3n) is 2.24. The Morgan fingerprint density at radius 3 is 2.00 bits per heavy atom. The van der Waals surface area contributed by atoms with E-state index in [0.717, 1.165) is 5.19 Å². The summed E-state index contributed by atoms with van der Waals surface area (Å²) in [6.45, 7) is 5.22. The maximum atomic E-state index is 5.82. The fourth-order valence-electron chi connectivity index (χ4n) is 1.60. The van der Waals surface area contributed by atoms with Crippen LogP contribution in [0.5, 0.6) is 0 Å². The number of hydrogen-bond acceptors (Lipinski definition) is 3. The maximum absolute atomic E-state index is 5.82. The molecule has 0 aliphatic heterocycles. The predicted molar refractivity (Wildman–Crippen MR) is 64.1 cm³/mol. The molecule has 0 saturated heterocycles. The van der Waals surface area contributed by atoms with Crippen LogP contribution >= 0.6 is 0 Å². The van der Waals surface area contributed by atoms with Crippen LogP contribution in [-0.4, -0.2) is 27.9 Å². The first-order valence-corrected chi connectivity index (χ1v) is 7.35. The minimum absolute atomic E-state index is 0.457. The summed E-state index contributed by atoms with van der Waals surface area (Å²) in [5, 5.41) is 1.11. The second-order valence-electron chi connectivity index (χ2n) is 3.19. The summed E-state index contributed by atoms with van der Waals surface area (Å²) in [5.74, 6) is 0. The van der Waals surface area contributed by atoms with E-state index in [-0.39, 0.29) is 0 Å². The second kappa shape index (κ2) is 6.02. The average Bonchev–Trinajstić information content (AvgIpc) is 2.30. The van der Waals surface area contributed by atoms with Gasteiger partial charge in [0.1, 0.15) is 0 Å². The molecular weight excluding hydrogens is 206 g/mol. The Bertz CT molecular complexity index is 273. The average molecular weight is 225 g/mol. The molecule has 0 aromatic heterocycles. The third-order valence-corrected chi connectivity index (χ3v) is 5.50. The van der Waals surface area contributed by atoms with Crippen LogP contribution in [0.4, 0.5) is 0 Å². The lowest BCUT2D eigenvalue weighted by atomic mass is 10.4. The predicted octanol–water partition coefficient (Wildman–Crippen LogP) is 0.907. The highest BCUT2D eigenvalue weighted by Crippen LogP contribution is 2.06. The molecule has 2 N–H and O–H groups in total. The Balaban J connectivity index is 2.97. The summed E-state index contributed by atoms with van der Waals surface area (Å²) in [7, 11) is -2.37. The van der Waals surface area contributed by atoms with Crippen molar-refractivity contribution in [3.63, 3.8) is 0 Å². The molecule has 0 unspecified atom stereocenters. The summed E-state index contributed by atoms with van der Waals surface area (Å²) in [4.78, 5) is 0. The summed E-state index contributed by atoms with van der Waals surface area (Å²) in [6, 6.07) is 10.0. The molecule has 1 rings (SSSR count). The molecule has 0 bridgehead atoms. The van der Waals surface area contributed by atoms with Crippen molar-refractivity contribution < 1.29 is 8.85 Å². The van der Waals surface area contributed by atoms with Gasteiger partial charge in [-0.2, -0.15) is 0 Å². The zero-order chi connectivity index (χ0) is 11.1. The number of hydrogen-bond donors (Lipinski definition) is 1. The summed E-state index contributed by atoms with van der Waals surface area (Å²) >= 11 is 0. The van der Waals surface area contributed by atoms with Gasteiger partial charge in [-0.05, 0) is 19.0 Å². The zero-order valence-corrected chi connectivity index (χ0v) is 10.4. The molecule has 3 nitrogen and oxygen atoms in total. The summed E-state index contributed by atoms with van der Waals surface area (Å²) in [6.07, 6.45) is 0.457. The van der Waals surface area contributed by atoms with E-state index >= 15 is 0 Å². The van der Waals surface area contributed by atoms with Gasteiger partial charge in [-0.3, -0.25) is 0 Å². The molecular formula is C11H19NO2Si. The largest absolute Gasteiger partial charge is 0.391 e. The van der Waals surface area contributed by atoms with Gasteiger partial charge in [0, 0.05) is 19.4 Å². The van der Waals surface area contributed by atoms with Gasteiger partial charge >= 0.3 is 8.56 Å². The van der Waals surface area contributed by atoms with Gasteiger partial charge in [-0.15, -0.1) is 0 Å². The second-order valence-corrected chi connectivity index (χ2v) is 6.26. The van der Waals surface area contributed by atoms with Gasteiger partial charge in [-0.25, -0.2) is 0 Å². The summed E-state index contributed by atoms with van der Waals surface area (Å²) < 4.78 is 11.6. The van der Waals surface area contributed by atoms with Crippen LogP contribution in [0.1, 0.15) is 13.8 Å². The van der Waals surface area contributed by atoms with Crippen LogP contribution in [0.3, 0.4) is 0 Å². The van der Waals surface area contributed by atoms with E-state index < -0.39 is 8.56 Å². The highest BCUT2D eigenvalue weighted by Gasteiger charge is 2.37. The Labute approximate surface area is 92.5 Å². The molecule has 0 spiro atoms. The number of benzene rings is 1. The van der Waals surface area contributed by atoms with E-state index in [2.05, 4.69) is 0 Å². The van der Waals surface area contributed by atoms with Gasteiger partial charge in [0.2, 0.25) is 0 Å². The maximum Gasteiger partial charge on any atom is 0.386 e. The quantitative estimate of drug-likeness (QED) is 0.732. The first kappa shape index (κ1) is 12.4. The smallest absolute Gasteiger partial charge is 0.386 e. The minimum atomic E-state index is -2.37. The first-order chi connectivity index (χ1) is 7.29. The van der Waals surface area contributed by atoms with E-state index in [1.165, 1.54) is 0 Å². The first-order valence-electron chi connectivity index (χ1n) is 5.32. The highest BCUT2D eigenvalue weighted by molar-refractivity contribution is 6.81. The normalized spacial score (nSPS) is 11.7. The van der Waals surface area contributed by atoms with Crippen LogP contribution in [0.2, 0.25) is 0 Å². The van der Waals surface area contributed by atoms with E-state index in [1.54, 1.807) is 0 Å². The molecule has 0 saturated carbocycles. The van der Waals surface area contributed by atoms with Gasteiger partial charge < -0.3 is 14.6 Å². The molecule has 84 valence electrons. The Morgan fingerprint density at radius 2 is 1.60 bits per heavy atom. The van der Waals surface area contributed by atoms with Crippen molar-refractivity contribution in [3.8, 4) is 0 Å². The summed E-state index contributed by atoms with van der Waals surface area (Å²) in [5.41, 5.74) is 5.82. The molecule has 0 amide bonds. The molecule has 1 aromatic carbocycles. The monoisotopic (exact) mass is 225 g/mol. The molecule has 4 heteroatoms. The molecule has 0 atom stereocenters. The lowest BCUT2D eigenvalue weighted by Crippen LogP contribution is -2.59. The van der Waals surface area contributed by atoms with E-state index in [0.29, 0.717) is 19.4 Å². The van der Waals surface area contributed by atoms with Crippen LogP contribution < -0.4 is 10.9 Å². The van der Waals surface area contributed by atoms with Crippen molar-refractivity contribution in [1.29, 1.82) is 0 Å². The van der Waals surface area contributed by atoms with E-state index in [1.807, 2.05) is 44.2 Å². The Morgan fingerprint density at radius 1 is 1.07 bits per heavy atom. The van der Waals surface area contributed by atoms with Crippen molar-refractivity contribution in [2.24, 2.45) is 5.73 Å². The molecule has 0 aliphatic carbocycles. The standard InChI is InChI=1S/C11H19NO2Si/c1-3-13-15(10-12,14-4-2)11-8-6-5-7-9-11/h5-9H,3-4,10,12H2,1-2H3. The van der Waals surface area contributed by atoms with Crippen LogP contribution in [0.15, 0.2) is 30.3 Å². The molecule has 0 radical (unpaired) electrons. The van der Waals surface area contributed by atoms with Crippen LogP contribution in [0.25, 0.3) is 0 Å². The van der Waals surface area contributed by atoms with Crippen molar-refractivity contribution >= 4 is 13.7 Å². The molecule has 0 heterocycles. The third kappa shape index (κ3) is 2.88. The van der Waals surface area contributed by atoms with E-state index in [4.69, 9.17) is 14.6 Å². The van der Waals surface area contributed by atoms with Gasteiger partial charge in [0.05, 0.1) is 0 Å². The lowest BCUT2D eigenvalue weighted by Gasteiger charge is -2.28. The fraction of sp³-hybridized carbons (Fsp3) is 0.455. The van der Waals surface area contributed by atoms with Crippen molar-refractivity contribution in [3.05, 3.63) is 30.3 Å². The Kier molecular flexibility index (Phi) is 4.97. The van der Waals surface area contributed by atoms with Crippen molar-refractivity contribution in [1.82, 2.24) is 0 Å². The minimum Gasteiger partial charge on any atom is -0.391 e. The van der Waals surface area contributed by atoms with Gasteiger partial charge in [0.15, 0.2) is 0 Å². The van der Waals surface area contributed by atoms with E-state index in [9.17, 15) is 0 Å². The molecule has 0 fully saturated rings. The topological polar surface area (TPSA) is 44.5 Å². The highest BCUT2D eigenvalue weighted by atomic mass is 28.4. The molecule has 0 aliphatic rings.